The zero-order valence-corrected chi connectivity index (χ0v) is 11.4. The van der Waals surface area contributed by atoms with Crippen LogP contribution < -0.4 is 0 Å². The van der Waals surface area contributed by atoms with Crippen LogP contribution in [-0.2, 0) is 4.74 Å². The Morgan fingerprint density at radius 2 is 1.74 bits per heavy atom. The Morgan fingerprint density at radius 3 is 2.32 bits per heavy atom. The lowest BCUT2D eigenvalue weighted by Gasteiger charge is -2.56. The molecule has 0 aromatic carbocycles. The van der Waals surface area contributed by atoms with Gasteiger partial charge in [-0.05, 0) is 67.3 Å². The molecule has 1 saturated heterocycles. The van der Waals surface area contributed by atoms with Gasteiger partial charge >= 0.3 is 0 Å². The topological polar surface area (TPSA) is 33.0 Å². The van der Waals surface area contributed by atoms with E-state index in [1.54, 1.807) is 6.08 Å². The molecule has 2 heteroatoms. The maximum Gasteiger partial charge on any atom is 0.132 e. The maximum atomic E-state index is 8.84. The summed E-state index contributed by atoms with van der Waals surface area (Å²) in [5, 5.41) is 8.84. The van der Waals surface area contributed by atoms with Crippen molar-refractivity contribution in [3.05, 3.63) is 23.5 Å². The van der Waals surface area contributed by atoms with E-state index < -0.39 is 0 Å². The van der Waals surface area contributed by atoms with Crippen molar-refractivity contribution in [1.82, 2.24) is 0 Å². The third-order valence-corrected chi connectivity index (χ3v) is 5.71. The molecule has 100 valence electrons. The van der Waals surface area contributed by atoms with Crippen molar-refractivity contribution in [2.75, 3.05) is 6.61 Å². The van der Waals surface area contributed by atoms with E-state index >= 15 is 0 Å². The third kappa shape index (κ3) is 1.91. The quantitative estimate of drug-likeness (QED) is 0.664. The van der Waals surface area contributed by atoms with Crippen molar-refractivity contribution in [3.63, 3.8) is 0 Å². The molecule has 1 aliphatic heterocycles. The number of nitrogens with zero attached hydrogens (tertiary/aromatic N) is 1. The van der Waals surface area contributed by atoms with Crippen LogP contribution in [0, 0.1) is 34.5 Å². The molecule has 4 aliphatic carbocycles. The molecule has 5 rings (SSSR count). The van der Waals surface area contributed by atoms with Crippen LogP contribution in [0.5, 0.6) is 0 Å². The SMILES string of the molecule is N#C/C=C1\OCC\C1=C/C12CC3CC(CC(C3)C1)C2. The molecule has 2 nitrogen and oxygen atoms in total. The molecule has 5 fully saturated rings. The van der Waals surface area contributed by atoms with E-state index in [9.17, 15) is 0 Å². The van der Waals surface area contributed by atoms with Gasteiger partial charge in [-0.3, -0.25) is 0 Å². The number of nitriles is 1. The van der Waals surface area contributed by atoms with Gasteiger partial charge in [0.1, 0.15) is 5.76 Å². The number of allylic oxidation sites excluding steroid dienone is 3. The zero-order valence-electron chi connectivity index (χ0n) is 11.4. The standard InChI is InChI=1S/C17H21NO/c18-3-1-16-15(2-4-19-16)11-17-8-12-5-13(9-17)7-14(6-12)10-17/h1,11-14H,2,4-10H2/b15-11+,16-1-. The van der Waals surface area contributed by atoms with Crippen LogP contribution in [0.4, 0.5) is 0 Å². The highest BCUT2D eigenvalue weighted by molar-refractivity contribution is 5.35. The molecule has 5 aliphatic rings. The highest BCUT2D eigenvalue weighted by Gasteiger charge is 2.50. The molecule has 0 aromatic rings. The van der Waals surface area contributed by atoms with Crippen LogP contribution >= 0.6 is 0 Å². The van der Waals surface area contributed by atoms with Crippen LogP contribution in [0.1, 0.15) is 44.9 Å². The van der Waals surface area contributed by atoms with Gasteiger partial charge in [0, 0.05) is 6.42 Å². The van der Waals surface area contributed by atoms with Gasteiger partial charge in [-0.25, -0.2) is 0 Å². The van der Waals surface area contributed by atoms with Crippen molar-refractivity contribution in [2.45, 2.75) is 44.9 Å². The lowest BCUT2D eigenvalue weighted by Crippen LogP contribution is -2.45. The lowest BCUT2D eigenvalue weighted by atomic mass is 9.49. The maximum absolute atomic E-state index is 8.84. The van der Waals surface area contributed by atoms with Crippen molar-refractivity contribution in [2.24, 2.45) is 23.2 Å². The van der Waals surface area contributed by atoms with E-state index in [-0.39, 0.29) is 0 Å². The molecule has 19 heavy (non-hydrogen) atoms. The molecule has 0 unspecified atom stereocenters. The van der Waals surface area contributed by atoms with Crippen LogP contribution in [0.2, 0.25) is 0 Å². The third-order valence-electron chi connectivity index (χ3n) is 5.71. The Balaban J connectivity index is 1.66. The monoisotopic (exact) mass is 255 g/mol. The van der Waals surface area contributed by atoms with Gasteiger partial charge in [0.25, 0.3) is 0 Å². The second kappa shape index (κ2) is 4.13. The second-order valence-electron chi connectivity index (χ2n) is 7.19. The van der Waals surface area contributed by atoms with Gasteiger partial charge in [-0.2, -0.15) is 5.26 Å². The molecule has 1 heterocycles. The Labute approximate surface area is 115 Å². The highest BCUT2D eigenvalue weighted by Crippen LogP contribution is 2.61. The highest BCUT2D eigenvalue weighted by atomic mass is 16.5. The largest absolute Gasteiger partial charge is 0.492 e. The number of ether oxygens (including phenoxy) is 1. The average molecular weight is 255 g/mol. The van der Waals surface area contributed by atoms with Crippen molar-refractivity contribution >= 4 is 0 Å². The molecule has 0 amide bonds. The summed E-state index contributed by atoms with van der Waals surface area (Å²) >= 11 is 0. The van der Waals surface area contributed by atoms with Crippen molar-refractivity contribution in [1.29, 1.82) is 5.26 Å². The lowest BCUT2D eigenvalue weighted by molar-refractivity contribution is -0.0241. The van der Waals surface area contributed by atoms with Gasteiger partial charge < -0.3 is 4.74 Å². The van der Waals surface area contributed by atoms with Gasteiger partial charge in [0.15, 0.2) is 0 Å². The van der Waals surface area contributed by atoms with E-state index in [4.69, 9.17) is 10.00 Å². The van der Waals surface area contributed by atoms with Gasteiger partial charge in [0.05, 0.1) is 18.8 Å². The first-order valence-electron chi connectivity index (χ1n) is 7.71. The van der Waals surface area contributed by atoms with Crippen LogP contribution in [0.3, 0.4) is 0 Å². The Morgan fingerprint density at radius 1 is 1.11 bits per heavy atom. The molecule has 0 spiro atoms. The van der Waals surface area contributed by atoms with Gasteiger partial charge in [-0.15, -0.1) is 0 Å². The molecule has 4 bridgehead atoms. The smallest absolute Gasteiger partial charge is 0.132 e. The minimum Gasteiger partial charge on any atom is -0.492 e. The normalized spacial score (nSPS) is 47.6. The summed E-state index contributed by atoms with van der Waals surface area (Å²) in [6.45, 7) is 0.756. The molecular weight excluding hydrogens is 234 g/mol. The van der Waals surface area contributed by atoms with Gasteiger partial charge in [0.2, 0.25) is 0 Å². The predicted molar refractivity (Wildman–Crippen MR) is 73.0 cm³/mol. The summed E-state index contributed by atoms with van der Waals surface area (Å²) < 4.78 is 5.59. The Hall–Kier alpha value is -1.23. The Kier molecular flexibility index (Phi) is 2.52. The summed E-state index contributed by atoms with van der Waals surface area (Å²) in [5.41, 5.74) is 1.76. The fourth-order valence-electron chi connectivity index (χ4n) is 5.55. The Bertz CT molecular complexity index is 459. The van der Waals surface area contributed by atoms with Crippen LogP contribution in [0.25, 0.3) is 0 Å². The fourth-order valence-corrected chi connectivity index (χ4v) is 5.55. The van der Waals surface area contributed by atoms with E-state index in [0.29, 0.717) is 5.41 Å². The number of hydrogen-bond acceptors (Lipinski definition) is 2. The van der Waals surface area contributed by atoms with E-state index in [1.807, 2.05) is 0 Å². The first-order valence-corrected chi connectivity index (χ1v) is 7.71. The van der Waals surface area contributed by atoms with E-state index in [2.05, 4.69) is 12.1 Å². The summed E-state index contributed by atoms with van der Waals surface area (Å²) in [6.07, 6.45) is 13.7. The first-order chi connectivity index (χ1) is 9.26. The van der Waals surface area contributed by atoms with Crippen LogP contribution in [0.15, 0.2) is 23.5 Å². The summed E-state index contributed by atoms with van der Waals surface area (Å²) in [5.74, 6) is 3.79. The summed E-state index contributed by atoms with van der Waals surface area (Å²) in [6, 6.07) is 2.12. The van der Waals surface area contributed by atoms with Crippen molar-refractivity contribution in [3.8, 4) is 6.07 Å². The van der Waals surface area contributed by atoms with Crippen LogP contribution in [-0.4, -0.2) is 6.61 Å². The summed E-state index contributed by atoms with van der Waals surface area (Å²) in [7, 11) is 0. The fraction of sp³-hybridized carbons (Fsp3) is 0.706. The first kappa shape index (κ1) is 11.6. The van der Waals surface area contributed by atoms with E-state index in [0.717, 1.165) is 36.5 Å². The molecule has 4 saturated carbocycles. The minimum absolute atomic E-state index is 0.451. The van der Waals surface area contributed by atoms with Gasteiger partial charge in [-0.1, -0.05) is 6.08 Å². The minimum atomic E-state index is 0.451. The number of hydrogen-bond donors (Lipinski definition) is 0. The average Bonchev–Trinajstić information content (AvgIpc) is 2.74. The molecule has 0 atom stereocenters. The van der Waals surface area contributed by atoms with E-state index in [1.165, 1.54) is 44.1 Å². The second-order valence-corrected chi connectivity index (χ2v) is 7.19. The molecular formula is C17H21NO. The van der Waals surface area contributed by atoms with Crippen molar-refractivity contribution < 1.29 is 4.74 Å². The number of rotatable bonds is 1. The molecule has 0 aromatic heterocycles. The molecule has 0 N–H and O–H groups in total. The molecule has 0 radical (unpaired) electrons. The predicted octanol–water partition coefficient (Wildman–Crippen LogP) is 3.96. The zero-order chi connectivity index (χ0) is 12.9. The summed E-state index contributed by atoms with van der Waals surface area (Å²) in [4.78, 5) is 0.